The highest BCUT2D eigenvalue weighted by molar-refractivity contribution is 7.22. The van der Waals surface area contributed by atoms with Crippen LogP contribution in [0.5, 0.6) is 5.75 Å². The molecule has 3 aromatic carbocycles. The van der Waals surface area contributed by atoms with Gasteiger partial charge in [0, 0.05) is 12.1 Å². The van der Waals surface area contributed by atoms with E-state index < -0.39 is 4.92 Å². The highest BCUT2D eigenvalue weighted by Crippen LogP contribution is 2.37. The Morgan fingerprint density at radius 3 is 2.58 bits per heavy atom. The van der Waals surface area contributed by atoms with E-state index in [0.717, 1.165) is 0 Å². The second-order valence-corrected chi connectivity index (χ2v) is 7.87. The Labute approximate surface area is 186 Å². The van der Waals surface area contributed by atoms with E-state index in [2.05, 4.69) is 4.98 Å². The minimum atomic E-state index is -0.460. The van der Waals surface area contributed by atoms with Gasteiger partial charge in [0.05, 0.1) is 38.0 Å². The molecule has 1 amide bonds. The maximum absolute atomic E-state index is 13.5. The molecule has 4 aromatic rings. The van der Waals surface area contributed by atoms with Crippen LogP contribution in [0, 0.1) is 10.1 Å². The van der Waals surface area contributed by atoms with Crippen LogP contribution < -0.4 is 9.64 Å². The van der Waals surface area contributed by atoms with Crippen molar-refractivity contribution in [2.75, 3.05) is 11.5 Å². The second-order valence-electron chi connectivity index (χ2n) is 6.45. The first-order chi connectivity index (χ1) is 15.0. The molecule has 0 aliphatic heterocycles. The number of nitrogens with zero attached hydrogens (tertiary/aromatic N) is 3. The van der Waals surface area contributed by atoms with E-state index in [4.69, 9.17) is 16.3 Å². The summed E-state index contributed by atoms with van der Waals surface area (Å²) in [5.41, 5.74) is 1.42. The SMILES string of the molecule is CCOc1ccc(N(C(=O)c2ccccc2Cl)c2nc3ccc([N+](=O)[O-])cc3s2)cc1. The maximum atomic E-state index is 13.5. The molecule has 7 nitrogen and oxygen atoms in total. The minimum Gasteiger partial charge on any atom is -0.494 e. The quantitative estimate of drug-likeness (QED) is 0.255. The van der Waals surface area contributed by atoms with Gasteiger partial charge in [-0.25, -0.2) is 4.98 Å². The lowest BCUT2D eigenvalue weighted by Crippen LogP contribution is -2.26. The molecule has 1 heterocycles. The Morgan fingerprint density at radius 2 is 1.90 bits per heavy atom. The molecule has 0 spiro atoms. The molecule has 0 saturated carbocycles. The Bertz CT molecular complexity index is 1270. The van der Waals surface area contributed by atoms with Crippen molar-refractivity contribution in [3.63, 3.8) is 0 Å². The number of halogens is 1. The number of fused-ring (bicyclic) bond motifs is 1. The van der Waals surface area contributed by atoms with Crippen LogP contribution in [0.2, 0.25) is 5.02 Å². The molecule has 4 rings (SSSR count). The van der Waals surface area contributed by atoms with Crippen molar-refractivity contribution < 1.29 is 14.5 Å². The van der Waals surface area contributed by atoms with E-state index in [1.54, 1.807) is 54.6 Å². The average Bonchev–Trinajstić information content (AvgIpc) is 3.18. The number of carbonyl (C=O) groups excluding carboxylic acids is 1. The van der Waals surface area contributed by atoms with E-state index in [1.165, 1.54) is 28.4 Å². The number of benzene rings is 3. The van der Waals surface area contributed by atoms with Crippen LogP contribution in [-0.2, 0) is 0 Å². The Hall–Kier alpha value is -3.49. The highest BCUT2D eigenvalue weighted by Gasteiger charge is 2.25. The molecule has 0 atom stereocenters. The predicted octanol–water partition coefficient (Wildman–Crippen LogP) is 6.24. The monoisotopic (exact) mass is 453 g/mol. The number of rotatable bonds is 6. The largest absolute Gasteiger partial charge is 0.494 e. The van der Waals surface area contributed by atoms with Crippen LogP contribution >= 0.6 is 22.9 Å². The summed E-state index contributed by atoms with van der Waals surface area (Å²) in [5.74, 6) is 0.319. The van der Waals surface area contributed by atoms with Crippen LogP contribution in [0.25, 0.3) is 10.2 Å². The Balaban J connectivity index is 1.83. The summed E-state index contributed by atoms with van der Waals surface area (Å²) < 4.78 is 6.10. The Kier molecular flexibility index (Phi) is 5.83. The fourth-order valence-electron chi connectivity index (χ4n) is 3.04. The van der Waals surface area contributed by atoms with Crippen molar-refractivity contribution in [1.82, 2.24) is 4.98 Å². The molecular weight excluding hydrogens is 438 g/mol. The van der Waals surface area contributed by atoms with Gasteiger partial charge in [0.15, 0.2) is 5.13 Å². The molecule has 0 fully saturated rings. The van der Waals surface area contributed by atoms with Gasteiger partial charge in [-0.1, -0.05) is 35.1 Å². The third-order valence-corrected chi connectivity index (χ3v) is 5.81. The van der Waals surface area contributed by atoms with E-state index >= 15 is 0 Å². The topological polar surface area (TPSA) is 85.6 Å². The zero-order chi connectivity index (χ0) is 22.0. The number of thiazole rings is 1. The van der Waals surface area contributed by atoms with Crippen LogP contribution in [0.1, 0.15) is 17.3 Å². The smallest absolute Gasteiger partial charge is 0.270 e. The van der Waals surface area contributed by atoms with Gasteiger partial charge in [-0.05, 0) is 49.4 Å². The number of nitro benzene ring substituents is 1. The predicted molar refractivity (Wildman–Crippen MR) is 122 cm³/mol. The first kappa shape index (κ1) is 20.8. The lowest BCUT2D eigenvalue weighted by atomic mass is 10.2. The van der Waals surface area contributed by atoms with E-state index in [-0.39, 0.29) is 11.6 Å². The fraction of sp³-hybridized carbons (Fsp3) is 0.0909. The number of nitro groups is 1. The first-order valence-electron chi connectivity index (χ1n) is 9.34. The number of aromatic nitrogens is 1. The highest BCUT2D eigenvalue weighted by atomic mass is 35.5. The number of carbonyl (C=O) groups is 1. The normalized spacial score (nSPS) is 10.8. The Morgan fingerprint density at radius 1 is 1.16 bits per heavy atom. The van der Waals surface area contributed by atoms with Crippen molar-refractivity contribution in [2.24, 2.45) is 0 Å². The average molecular weight is 454 g/mol. The summed E-state index contributed by atoms with van der Waals surface area (Å²) in [4.78, 5) is 30.2. The third kappa shape index (κ3) is 4.21. The van der Waals surface area contributed by atoms with Gasteiger partial charge in [0.1, 0.15) is 5.75 Å². The second kappa shape index (κ2) is 8.71. The third-order valence-electron chi connectivity index (χ3n) is 4.48. The molecule has 0 unspecified atom stereocenters. The fourth-order valence-corrected chi connectivity index (χ4v) is 4.27. The molecule has 9 heteroatoms. The standard InChI is InChI=1S/C22H16ClN3O4S/c1-2-30-16-10-7-14(8-11-16)25(21(27)17-5-3-4-6-18(17)23)22-24-19-12-9-15(26(28)29)13-20(19)31-22/h3-13H,2H2,1H3. The van der Waals surface area contributed by atoms with Crippen molar-refractivity contribution in [3.8, 4) is 5.75 Å². The molecule has 0 N–H and O–H groups in total. The number of ether oxygens (including phenoxy) is 1. The lowest BCUT2D eigenvalue weighted by Gasteiger charge is -2.21. The van der Waals surface area contributed by atoms with Crippen molar-refractivity contribution in [1.29, 1.82) is 0 Å². The van der Waals surface area contributed by atoms with Crippen LogP contribution in [0.15, 0.2) is 66.7 Å². The van der Waals surface area contributed by atoms with Crippen molar-refractivity contribution in [2.45, 2.75) is 6.92 Å². The summed E-state index contributed by atoms with van der Waals surface area (Å²) in [6.07, 6.45) is 0. The molecule has 0 aliphatic rings. The van der Waals surface area contributed by atoms with Gasteiger partial charge >= 0.3 is 0 Å². The minimum absolute atomic E-state index is 0.0345. The number of non-ortho nitro benzene ring substituents is 1. The van der Waals surface area contributed by atoms with Crippen LogP contribution in [0.3, 0.4) is 0 Å². The molecule has 0 saturated heterocycles. The lowest BCUT2D eigenvalue weighted by molar-refractivity contribution is -0.384. The first-order valence-corrected chi connectivity index (χ1v) is 10.5. The number of amides is 1. The van der Waals surface area contributed by atoms with Gasteiger partial charge in [-0.2, -0.15) is 0 Å². The maximum Gasteiger partial charge on any atom is 0.270 e. The summed E-state index contributed by atoms with van der Waals surface area (Å²) >= 11 is 7.47. The van der Waals surface area contributed by atoms with E-state index in [1.807, 2.05) is 6.92 Å². The van der Waals surface area contributed by atoms with E-state index in [9.17, 15) is 14.9 Å². The number of hydrogen-bond acceptors (Lipinski definition) is 6. The van der Waals surface area contributed by atoms with Crippen molar-refractivity contribution >= 4 is 55.6 Å². The van der Waals surface area contributed by atoms with E-state index in [0.29, 0.717) is 44.0 Å². The summed E-state index contributed by atoms with van der Waals surface area (Å²) in [7, 11) is 0. The summed E-state index contributed by atoms with van der Waals surface area (Å²) in [6, 6.07) is 18.2. The molecular formula is C22H16ClN3O4S. The zero-order valence-corrected chi connectivity index (χ0v) is 17.9. The molecule has 1 aromatic heterocycles. The molecule has 0 radical (unpaired) electrons. The van der Waals surface area contributed by atoms with Gasteiger partial charge < -0.3 is 4.74 Å². The summed E-state index contributed by atoms with van der Waals surface area (Å²) in [6.45, 7) is 2.42. The van der Waals surface area contributed by atoms with Gasteiger partial charge in [0.2, 0.25) is 0 Å². The van der Waals surface area contributed by atoms with Crippen molar-refractivity contribution in [3.05, 3.63) is 87.4 Å². The van der Waals surface area contributed by atoms with Gasteiger partial charge in [0.25, 0.3) is 11.6 Å². The van der Waals surface area contributed by atoms with Crippen LogP contribution in [-0.4, -0.2) is 22.4 Å². The van der Waals surface area contributed by atoms with Gasteiger partial charge in [-0.3, -0.25) is 19.8 Å². The van der Waals surface area contributed by atoms with Gasteiger partial charge in [-0.15, -0.1) is 0 Å². The molecule has 156 valence electrons. The molecule has 31 heavy (non-hydrogen) atoms. The van der Waals surface area contributed by atoms with Crippen LogP contribution in [0.4, 0.5) is 16.5 Å². The number of anilines is 2. The summed E-state index contributed by atoms with van der Waals surface area (Å²) in [5, 5.41) is 11.8. The molecule has 0 aliphatic carbocycles. The number of hydrogen-bond donors (Lipinski definition) is 0. The molecule has 0 bridgehead atoms. The zero-order valence-electron chi connectivity index (χ0n) is 16.3.